The molecule has 0 atom stereocenters. The summed E-state index contributed by atoms with van der Waals surface area (Å²) in [5.74, 6) is -0.236. The molecule has 19 heavy (non-hydrogen) atoms. The minimum atomic E-state index is -0.248. The summed E-state index contributed by atoms with van der Waals surface area (Å²) in [6.45, 7) is 2.26. The van der Waals surface area contributed by atoms with Gasteiger partial charge >= 0.3 is 0 Å². The molecule has 0 saturated heterocycles. The van der Waals surface area contributed by atoms with E-state index in [1.807, 2.05) is 0 Å². The van der Waals surface area contributed by atoms with Crippen molar-refractivity contribution in [2.75, 3.05) is 6.54 Å². The van der Waals surface area contributed by atoms with Gasteiger partial charge in [-0.25, -0.2) is 0 Å². The second-order valence-corrected chi connectivity index (χ2v) is 5.36. The van der Waals surface area contributed by atoms with Crippen LogP contribution < -0.4 is 11.2 Å². The Kier molecular flexibility index (Phi) is 3.99. The summed E-state index contributed by atoms with van der Waals surface area (Å²) in [5, 5.41) is 0. The summed E-state index contributed by atoms with van der Waals surface area (Å²) in [7, 11) is 0. The molecule has 0 aromatic carbocycles. The number of hydrogen-bond donors (Lipinski definition) is 2. The summed E-state index contributed by atoms with van der Waals surface area (Å²) in [4.78, 5) is 29.2. The second kappa shape index (κ2) is 5.52. The van der Waals surface area contributed by atoms with E-state index < -0.39 is 0 Å². The smallest absolute Gasteiger partial charge is 0.259 e. The van der Waals surface area contributed by atoms with Crippen LogP contribution in [0.25, 0.3) is 0 Å². The fourth-order valence-electron chi connectivity index (χ4n) is 1.96. The number of rotatable bonds is 5. The van der Waals surface area contributed by atoms with Gasteiger partial charge < -0.3 is 15.6 Å². The van der Waals surface area contributed by atoms with Gasteiger partial charge in [-0.1, -0.05) is 12.2 Å². The zero-order valence-corrected chi connectivity index (χ0v) is 11.6. The molecular weight excluding hydrogens is 262 g/mol. The highest BCUT2D eigenvalue weighted by Gasteiger charge is 2.33. The van der Waals surface area contributed by atoms with Crippen molar-refractivity contribution in [2.24, 2.45) is 5.73 Å². The van der Waals surface area contributed by atoms with Crippen molar-refractivity contribution in [3.05, 3.63) is 33.7 Å². The van der Waals surface area contributed by atoms with Crippen molar-refractivity contribution in [2.45, 2.75) is 32.2 Å². The van der Waals surface area contributed by atoms with Crippen LogP contribution in [0.2, 0.25) is 0 Å². The van der Waals surface area contributed by atoms with Crippen LogP contribution in [0.4, 0.5) is 0 Å². The fourth-order valence-corrected chi connectivity index (χ4v) is 2.05. The summed E-state index contributed by atoms with van der Waals surface area (Å²) in [6.07, 6.45) is 3.93. The maximum atomic E-state index is 12.4. The minimum Gasteiger partial charge on any atom is -0.393 e. The first-order valence-corrected chi connectivity index (χ1v) is 6.68. The van der Waals surface area contributed by atoms with E-state index in [-0.39, 0.29) is 22.9 Å². The first-order chi connectivity index (χ1) is 8.99. The number of carbonyl (C=O) groups is 1. The summed E-state index contributed by atoms with van der Waals surface area (Å²) in [5.41, 5.74) is 6.15. The molecule has 0 bridgehead atoms. The average molecular weight is 279 g/mol. The summed E-state index contributed by atoms with van der Waals surface area (Å²) in [6, 6.07) is 1.66. The van der Waals surface area contributed by atoms with E-state index in [2.05, 4.69) is 4.98 Å². The number of nitrogens with two attached hydrogens (primary N) is 1. The van der Waals surface area contributed by atoms with Crippen LogP contribution in [-0.2, 0) is 0 Å². The second-order valence-electron chi connectivity index (χ2n) is 4.84. The summed E-state index contributed by atoms with van der Waals surface area (Å²) >= 11 is 4.84. The van der Waals surface area contributed by atoms with Crippen LogP contribution in [0.1, 0.15) is 35.3 Å². The molecule has 0 aliphatic heterocycles. The molecule has 1 aromatic heterocycles. The molecule has 0 spiro atoms. The number of hydrogen-bond acceptors (Lipinski definition) is 3. The maximum absolute atomic E-state index is 12.4. The number of thiocarbonyl (C=S) groups is 1. The Morgan fingerprint density at radius 1 is 1.58 bits per heavy atom. The van der Waals surface area contributed by atoms with E-state index in [1.54, 1.807) is 11.8 Å². The Labute approximate surface area is 116 Å². The first kappa shape index (κ1) is 13.7. The average Bonchev–Trinajstić information content (AvgIpc) is 3.13. The zero-order valence-electron chi connectivity index (χ0n) is 10.8. The van der Waals surface area contributed by atoms with Crippen molar-refractivity contribution in [1.82, 2.24) is 9.88 Å². The van der Waals surface area contributed by atoms with Gasteiger partial charge in [-0.05, 0) is 19.8 Å². The number of nitrogens with one attached hydrogen (secondary N) is 1. The zero-order chi connectivity index (χ0) is 14.0. The van der Waals surface area contributed by atoms with Gasteiger partial charge in [-0.3, -0.25) is 9.59 Å². The molecule has 1 heterocycles. The number of aromatic nitrogens is 1. The Hall–Kier alpha value is -1.69. The molecule has 0 unspecified atom stereocenters. The lowest BCUT2D eigenvalue weighted by molar-refractivity contribution is 0.0746. The van der Waals surface area contributed by atoms with Crippen LogP contribution in [0.3, 0.4) is 0 Å². The molecule has 102 valence electrons. The monoisotopic (exact) mass is 279 g/mol. The molecule has 1 aliphatic rings. The number of nitrogens with zero attached hydrogens (tertiary/aromatic N) is 1. The predicted octanol–water partition coefficient (Wildman–Crippen LogP) is 0.964. The standard InChI is InChI=1S/C13H17N3O2S/c1-8-6-11(17)10(7-15-8)13(18)16(9-2-3-9)5-4-12(14)19/h6-7,9H,2-5H2,1H3,(H2,14,19)(H,15,17). The Bertz CT molecular complexity index is 563. The minimum absolute atomic E-state index is 0.181. The Balaban J connectivity index is 2.19. The first-order valence-electron chi connectivity index (χ1n) is 6.27. The van der Waals surface area contributed by atoms with E-state index in [0.29, 0.717) is 18.0 Å². The third-order valence-electron chi connectivity index (χ3n) is 3.14. The van der Waals surface area contributed by atoms with Crippen molar-refractivity contribution >= 4 is 23.1 Å². The lowest BCUT2D eigenvalue weighted by atomic mass is 10.2. The van der Waals surface area contributed by atoms with Crippen molar-refractivity contribution in [3.63, 3.8) is 0 Å². The number of H-pyrrole nitrogens is 1. The topological polar surface area (TPSA) is 79.2 Å². The van der Waals surface area contributed by atoms with Crippen molar-refractivity contribution < 1.29 is 4.79 Å². The lowest BCUT2D eigenvalue weighted by Crippen LogP contribution is -2.38. The molecule has 1 fully saturated rings. The van der Waals surface area contributed by atoms with Crippen LogP contribution in [0.15, 0.2) is 17.1 Å². The van der Waals surface area contributed by atoms with E-state index in [1.165, 1.54) is 12.3 Å². The number of carbonyl (C=O) groups excluding carboxylic acids is 1. The van der Waals surface area contributed by atoms with E-state index in [0.717, 1.165) is 18.5 Å². The Morgan fingerprint density at radius 3 is 2.79 bits per heavy atom. The largest absolute Gasteiger partial charge is 0.393 e. The van der Waals surface area contributed by atoms with Crippen molar-refractivity contribution in [3.8, 4) is 0 Å². The van der Waals surface area contributed by atoms with Crippen LogP contribution in [0.5, 0.6) is 0 Å². The molecule has 6 heteroatoms. The highest BCUT2D eigenvalue weighted by molar-refractivity contribution is 7.80. The SMILES string of the molecule is Cc1cc(=O)c(C(=O)N(CCC(N)=S)C2CC2)c[nH]1. The molecule has 0 radical (unpaired) electrons. The molecule has 1 saturated carbocycles. The number of aryl methyl sites for hydroxylation is 1. The van der Waals surface area contributed by atoms with Crippen LogP contribution in [0, 0.1) is 6.92 Å². The molecule has 1 aromatic rings. The number of amides is 1. The van der Waals surface area contributed by atoms with Crippen molar-refractivity contribution in [1.29, 1.82) is 0 Å². The predicted molar refractivity (Wildman–Crippen MR) is 77.3 cm³/mol. The quantitative estimate of drug-likeness (QED) is 0.787. The molecule has 1 amide bonds. The van der Waals surface area contributed by atoms with E-state index in [9.17, 15) is 9.59 Å². The third kappa shape index (κ3) is 3.41. The normalized spacial score (nSPS) is 14.2. The van der Waals surface area contributed by atoms with Crippen LogP contribution >= 0.6 is 12.2 Å². The molecule has 1 aliphatic carbocycles. The van der Waals surface area contributed by atoms with Gasteiger partial charge in [0.25, 0.3) is 5.91 Å². The van der Waals surface area contributed by atoms with Gasteiger partial charge in [0.2, 0.25) is 0 Å². The van der Waals surface area contributed by atoms with Gasteiger partial charge in [0.05, 0.1) is 4.99 Å². The molecule has 3 N–H and O–H groups in total. The van der Waals surface area contributed by atoms with E-state index >= 15 is 0 Å². The molecular formula is C13H17N3O2S. The third-order valence-corrected chi connectivity index (χ3v) is 3.34. The van der Waals surface area contributed by atoms with Gasteiger partial charge in [0, 0.05) is 37.0 Å². The molecule has 5 nitrogen and oxygen atoms in total. The van der Waals surface area contributed by atoms with Crippen LogP contribution in [-0.4, -0.2) is 33.4 Å². The fraction of sp³-hybridized carbons (Fsp3) is 0.462. The van der Waals surface area contributed by atoms with Gasteiger partial charge in [0.1, 0.15) is 5.56 Å². The number of pyridine rings is 1. The van der Waals surface area contributed by atoms with Gasteiger partial charge in [0.15, 0.2) is 5.43 Å². The van der Waals surface area contributed by atoms with E-state index in [4.69, 9.17) is 18.0 Å². The summed E-state index contributed by atoms with van der Waals surface area (Å²) < 4.78 is 0. The highest BCUT2D eigenvalue weighted by Crippen LogP contribution is 2.27. The number of aromatic amines is 1. The lowest BCUT2D eigenvalue weighted by Gasteiger charge is -2.21. The van der Waals surface area contributed by atoms with Gasteiger partial charge in [-0.15, -0.1) is 0 Å². The highest BCUT2D eigenvalue weighted by atomic mass is 32.1. The molecule has 2 rings (SSSR count). The Morgan fingerprint density at radius 2 is 2.26 bits per heavy atom. The van der Waals surface area contributed by atoms with Gasteiger partial charge in [-0.2, -0.15) is 0 Å². The maximum Gasteiger partial charge on any atom is 0.259 e.